The summed E-state index contributed by atoms with van der Waals surface area (Å²) < 4.78 is 19.4. The van der Waals surface area contributed by atoms with Crippen molar-refractivity contribution in [2.45, 2.75) is 32.1 Å². The topological polar surface area (TPSA) is 142 Å². The fourth-order valence-corrected chi connectivity index (χ4v) is 7.81. The summed E-state index contributed by atoms with van der Waals surface area (Å²) >= 11 is 6.02. The van der Waals surface area contributed by atoms with Gasteiger partial charge in [-0.25, -0.2) is 9.29 Å². The van der Waals surface area contributed by atoms with E-state index >= 15 is 0 Å². The van der Waals surface area contributed by atoms with Gasteiger partial charge in [0, 0.05) is 12.5 Å². The highest BCUT2D eigenvalue weighted by molar-refractivity contribution is 6.31. The number of carbonyl (C=O) groups is 5. The van der Waals surface area contributed by atoms with Gasteiger partial charge in [-0.1, -0.05) is 29.3 Å². The number of fused-ring (bicyclic) bond motifs is 4. The first kappa shape index (κ1) is 28.9. The van der Waals surface area contributed by atoms with E-state index in [9.17, 15) is 33.5 Å². The molecular formula is C31H28ClFN2O8. The highest BCUT2D eigenvalue weighted by Crippen LogP contribution is 2.64. The minimum atomic E-state index is -1.36. The van der Waals surface area contributed by atoms with E-state index in [4.69, 9.17) is 21.4 Å². The van der Waals surface area contributed by atoms with Crippen LogP contribution >= 0.6 is 11.6 Å². The molecule has 10 nitrogen and oxygen atoms in total. The number of aliphatic carboxylic acids is 1. The Bertz CT molecular complexity index is 1640. The predicted octanol–water partition coefficient (Wildman–Crippen LogP) is 3.90. The van der Waals surface area contributed by atoms with Gasteiger partial charge in [-0.15, -0.1) is 0 Å². The van der Waals surface area contributed by atoms with E-state index in [0.29, 0.717) is 11.1 Å². The maximum absolute atomic E-state index is 14.4. The lowest BCUT2D eigenvalue weighted by Gasteiger charge is -2.49. The number of halogens is 2. The molecule has 2 aromatic carbocycles. The number of hydrogen-bond donors (Lipinski definition) is 2. The van der Waals surface area contributed by atoms with Crippen molar-refractivity contribution in [2.75, 3.05) is 18.6 Å². The highest BCUT2D eigenvalue weighted by Gasteiger charge is 2.67. The molecule has 2 heterocycles. The van der Waals surface area contributed by atoms with Crippen molar-refractivity contribution in [3.8, 4) is 11.5 Å². The maximum Gasteiger partial charge on any atom is 0.305 e. The number of rotatable bonds is 6. The number of likely N-dealkylation sites (tertiary alicyclic amines) is 1. The maximum atomic E-state index is 14.4. The van der Waals surface area contributed by atoms with Crippen molar-refractivity contribution < 1.29 is 43.3 Å². The third-order valence-electron chi connectivity index (χ3n) is 9.61. The Morgan fingerprint density at radius 2 is 1.84 bits per heavy atom. The van der Waals surface area contributed by atoms with Crippen molar-refractivity contribution >= 4 is 46.9 Å². The molecule has 0 radical (unpaired) electrons. The predicted molar refractivity (Wildman–Crippen MR) is 150 cm³/mol. The molecule has 3 fully saturated rings. The number of imide groups is 2. The first-order valence-corrected chi connectivity index (χ1v) is 14.2. The smallest absolute Gasteiger partial charge is 0.305 e. The average Bonchev–Trinajstić information content (AvgIpc) is 3.33. The second-order valence-corrected chi connectivity index (χ2v) is 12.1. The molecular weight excluding hydrogens is 583 g/mol. The van der Waals surface area contributed by atoms with Crippen molar-refractivity contribution in [1.82, 2.24) is 4.90 Å². The van der Waals surface area contributed by atoms with E-state index in [2.05, 4.69) is 0 Å². The Balaban J connectivity index is 1.49. The number of carboxylic acids is 1. The van der Waals surface area contributed by atoms with Crippen LogP contribution in [0, 0.1) is 34.9 Å². The Morgan fingerprint density at radius 1 is 1.09 bits per heavy atom. The zero-order valence-electron chi connectivity index (χ0n) is 23.3. The van der Waals surface area contributed by atoms with E-state index in [-0.39, 0.29) is 48.0 Å². The van der Waals surface area contributed by atoms with E-state index in [1.54, 1.807) is 19.1 Å². The first-order chi connectivity index (χ1) is 20.4. The number of amides is 4. The number of ether oxygens (including phenoxy) is 1. The third kappa shape index (κ3) is 4.16. The number of phenols is 1. The van der Waals surface area contributed by atoms with Crippen LogP contribution in [0.2, 0.25) is 5.02 Å². The number of carboxylic acid groups (broad SMARTS) is 1. The second-order valence-electron chi connectivity index (χ2n) is 11.7. The number of phenolic OH excluding ortho intramolecular Hbond substituents is 1. The quantitative estimate of drug-likeness (QED) is 0.371. The number of methoxy groups -OCH3 is 1. The summed E-state index contributed by atoms with van der Waals surface area (Å²) in [6, 6.07) is 8.25. The first-order valence-electron chi connectivity index (χ1n) is 13.9. The van der Waals surface area contributed by atoms with Crippen LogP contribution in [0.15, 0.2) is 48.0 Å². The Hall–Kier alpha value is -4.25. The number of benzene rings is 2. The van der Waals surface area contributed by atoms with Gasteiger partial charge < -0.3 is 14.9 Å². The summed E-state index contributed by atoms with van der Waals surface area (Å²) in [6.07, 6.45) is 1.77. The number of hydrogen-bond acceptors (Lipinski definition) is 7. The van der Waals surface area contributed by atoms with Crippen molar-refractivity contribution in [1.29, 1.82) is 0 Å². The fraction of sp³-hybridized carbons (Fsp3) is 0.387. The van der Waals surface area contributed by atoms with Gasteiger partial charge in [0.2, 0.25) is 23.6 Å². The number of nitrogens with zero attached hydrogens (tertiary/aromatic N) is 2. The molecule has 1 saturated carbocycles. The summed E-state index contributed by atoms with van der Waals surface area (Å²) in [7, 11) is 1.39. The van der Waals surface area contributed by atoms with Crippen LogP contribution in [0.25, 0.3) is 0 Å². The molecule has 4 aliphatic rings. The van der Waals surface area contributed by atoms with E-state index < -0.39 is 70.4 Å². The van der Waals surface area contributed by atoms with Crippen molar-refractivity contribution in [3.63, 3.8) is 0 Å². The summed E-state index contributed by atoms with van der Waals surface area (Å²) in [4.78, 5) is 68.7. The summed E-state index contributed by atoms with van der Waals surface area (Å²) in [5.74, 6) is -7.63. The molecule has 2 aliphatic heterocycles. The number of aromatic hydroxyl groups is 1. The van der Waals surface area contributed by atoms with Crippen LogP contribution in [-0.4, -0.2) is 58.4 Å². The van der Waals surface area contributed by atoms with Gasteiger partial charge in [-0.2, -0.15) is 0 Å². The fourth-order valence-electron chi connectivity index (χ4n) is 7.63. The molecule has 6 atom stereocenters. The molecule has 43 heavy (non-hydrogen) atoms. The van der Waals surface area contributed by atoms with E-state index in [1.807, 2.05) is 6.08 Å². The highest BCUT2D eigenvalue weighted by atomic mass is 35.5. The minimum Gasteiger partial charge on any atom is -0.504 e. The molecule has 0 spiro atoms. The standard InChI is InChI=1S/C31H28ClFN2O8/c1-31-19(28(40)35(30(31)42)15-4-7-21(33)20(32)12-15)13-18-16(26(31)14-3-8-22(36)23(11-14)43-2)5-6-17-25(18)29(41)34(27(17)39)10-9-24(37)38/h3-5,7-8,11-12,17-19,25-26,36H,6,9-10,13H2,1-2H3,(H,37,38)/t17-,18+,19-,25-,26-,31+/m0/s1. The van der Waals surface area contributed by atoms with Gasteiger partial charge in [-0.05, 0) is 61.6 Å². The van der Waals surface area contributed by atoms with Crippen LogP contribution < -0.4 is 9.64 Å². The molecule has 2 N–H and O–H groups in total. The normalized spacial score (nSPS) is 29.8. The molecule has 4 amide bonds. The molecule has 2 aromatic rings. The van der Waals surface area contributed by atoms with E-state index in [1.165, 1.54) is 25.3 Å². The molecule has 12 heteroatoms. The van der Waals surface area contributed by atoms with Crippen LogP contribution in [-0.2, 0) is 24.0 Å². The number of carbonyl (C=O) groups excluding carboxylic acids is 4. The van der Waals surface area contributed by atoms with Crippen molar-refractivity contribution in [3.05, 3.63) is 64.5 Å². The molecule has 0 bridgehead atoms. The number of allylic oxidation sites excluding steroid dienone is 2. The molecule has 0 unspecified atom stereocenters. The summed E-state index contributed by atoms with van der Waals surface area (Å²) in [5.41, 5.74) is 0.0372. The molecule has 6 rings (SSSR count). The lowest BCUT2D eigenvalue weighted by atomic mass is 9.51. The summed E-state index contributed by atoms with van der Waals surface area (Å²) in [6.45, 7) is 1.44. The molecule has 224 valence electrons. The van der Waals surface area contributed by atoms with Crippen LogP contribution in [0.3, 0.4) is 0 Å². The summed E-state index contributed by atoms with van der Waals surface area (Å²) in [5, 5.41) is 19.2. The Morgan fingerprint density at radius 3 is 2.51 bits per heavy atom. The van der Waals surface area contributed by atoms with Gasteiger partial charge in [0.05, 0.1) is 47.4 Å². The zero-order chi connectivity index (χ0) is 31.0. The SMILES string of the molecule is COc1cc([C@H]2C3=CC[C@@H]4C(=O)N(CCC(=O)O)C(=O)[C@@H]4[C@@H]3C[C@H]3C(=O)N(c4ccc(F)c(Cl)c4)C(=O)[C@@]23C)ccc1O. The lowest BCUT2D eigenvalue weighted by Crippen LogP contribution is -2.48. The van der Waals surface area contributed by atoms with Gasteiger partial charge >= 0.3 is 5.97 Å². The Kier molecular flexibility index (Phi) is 6.83. The average molecular weight is 611 g/mol. The largest absolute Gasteiger partial charge is 0.504 e. The van der Waals surface area contributed by atoms with Gasteiger partial charge in [0.25, 0.3) is 0 Å². The molecule has 2 saturated heterocycles. The third-order valence-corrected chi connectivity index (χ3v) is 9.90. The van der Waals surface area contributed by atoms with Crippen LogP contribution in [0.5, 0.6) is 11.5 Å². The van der Waals surface area contributed by atoms with Gasteiger partial charge in [-0.3, -0.25) is 28.9 Å². The lowest BCUT2D eigenvalue weighted by molar-refractivity contribution is -0.142. The number of anilines is 1. The molecule has 0 aromatic heterocycles. The second kappa shape index (κ2) is 10.2. The van der Waals surface area contributed by atoms with E-state index in [0.717, 1.165) is 15.9 Å². The minimum absolute atomic E-state index is 0.0943. The van der Waals surface area contributed by atoms with Crippen molar-refractivity contribution in [2.24, 2.45) is 29.1 Å². The Labute approximate surface area is 250 Å². The van der Waals surface area contributed by atoms with Crippen LogP contribution in [0.4, 0.5) is 10.1 Å². The monoisotopic (exact) mass is 610 g/mol. The zero-order valence-corrected chi connectivity index (χ0v) is 24.0. The van der Waals surface area contributed by atoms with Crippen LogP contribution in [0.1, 0.15) is 37.7 Å². The van der Waals surface area contributed by atoms with Gasteiger partial charge in [0.1, 0.15) is 5.82 Å². The van der Waals surface area contributed by atoms with Gasteiger partial charge in [0.15, 0.2) is 11.5 Å². The molecule has 2 aliphatic carbocycles.